The predicted molar refractivity (Wildman–Crippen MR) is 78.0 cm³/mol. The van der Waals surface area contributed by atoms with Crippen LogP contribution in [0.2, 0.25) is 0 Å². The van der Waals surface area contributed by atoms with E-state index in [0.29, 0.717) is 16.7 Å². The van der Waals surface area contributed by atoms with Crippen molar-refractivity contribution in [3.05, 3.63) is 58.9 Å². The van der Waals surface area contributed by atoms with Crippen LogP contribution in [0.1, 0.15) is 16.7 Å². The maximum absolute atomic E-state index is 13.5. The molecular weight excluding hydrogens is 293 g/mol. The number of benzene rings is 2. The lowest BCUT2D eigenvalue weighted by Gasteiger charge is -2.10. The Morgan fingerprint density at radius 1 is 1.14 bits per heavy atom. The molecule has 0 aromatic heterocycles. The maximum Gasteiger partial charge on any atom is 0.244 e. The Hall–Kier alpha value is -1.92. The van der Waals surface area contributed by atoms with Crippen molar-refractivity contribution in [1.29, 1.82) is 0 Å². The molecule has 0 saturated carbocycles. The molecule has 0 heterocycles. The van der Waals surface area contributed by atoms with E-state index in [0.717, 1.165) is 0 Å². The van der Waals surface area contributed by atoms with Crippen molar-refractivity contribution in [2.24, 2.45) is 0 Å². The van der Waals surface area contributed by atoms with Crippen molar-refractivity contribution in [3.8, 4) is 5.75 Å². The highest BCUT2D eigenvalue weighted by atomic mass is 32.2. The van der Waals surface area contributed by atoms with Crippen molar-refractivity contribution in [2.45, 2.75) is 25.3 Å². The van der Waals surface area contributed by atoms with Gasteiger partial charge in [-0.2, -0.15) is 0 Å². The van der Waals surface area contributed by atoms with Gasteiger partial charge in [0.2, 0.25) is 10.0 Å². The van der Waals surface area contributed by atoms with Crippen LogP contribution in [0, 0.1) is 19.7 Å². The third-order valence-electron chi connectivity index (χ3n) is 3.12. The number of hydrogen-bond acceptors (Lipinski definition) is 3. The van der Waals surface area contributed by atoms with Crippen LogP contribution in [-0.4, -0.2) is 13.5 Å². The number of hydrogen-bond donors (Lipinski definition) is 2. The fourth-order valence-electron chi connectivity index (χ4n) is 2.08. The van der Waals surface area contributed by atoms with Gasteiger partial charge in [-0.05, 0) is 42.7 Å². The molecule has 0 atom stereocenters. The van der Waals surface area contributed by atoms with Crippen LogP contribution < -0.4 is 4.72 Å². The minimum absolute atomic E-state index is 0.0264. The maximum atomic E-state index is 13.5. The summed E-state index contributed by atoms with van der Waals surface area (Å²) in [5, 5.41) is 9.60. The lowest BCUT2D eigenvalue weighted by molar-refractivity contribution is 0.458. The SMILES string of the molecule is Cc1cc(CNS(=O)(=O)c2ccccc2O)cc(C)c1F. The summed E-state index contributed by atoms with van der Waals surface area (Å²) in [6, 6.07) is 8.88. The van der Waals surface area contributed by atoms with Gasteiger partial charge in [0.05, 0.1) is 0 Å². The molecule has 0 aliphatic rings. The van der Waals surface area contributed by atoms with Crippen LogP contribution in [0.15, 0.2) is 41.3 Å². The molecular formula is C15H16FNO3S. The first-order chi connectivity index (χ1) is 9.81. The van der Waals surface area contributed by atoms with Crippen LogP contribution in [0.4, 0.5) is 4.39 Å². The highest BCUT2D eigenvalue weighted by molar-refractivity contribution is 7.89. The summed E-state index contributed by atoms with van der Waals surface area (Å²) >= 11 is 0. The van der Waals surface area contributed by atoms with E-state index in [-0.39, 0.29) is 23.0 Å². The van der Waals surface area contributed by atoms with E-state index in [1.54, 1.807) is 32.0 Å². The smallest absolute Gasteiger partial charge is 0.244 e. The van der Waals surface area contributed by atoms with E-state index in [4.69, 9.17) is 0 Å². The fourth-order valence-corrected chi connectivity index (χ4v) is 3.19. The lowest BCUT2D eigenvalue weighted by Crippen LogP contribution is -2.23. The van der Waals surface area contributed by atoms with Gasteiger partial charge in [-0.3, -0.25) is 0 Å². The van der Waals surface area contributed by atoms with Gasteiger partial charge in [0.25, 0.3) is 0 Å². The monoisotopic (exact) mass is 309 g/mol. The number of para-hydroxylation sites is 1. The quantitative estimate of drug-likeness (QED) is 0.912. The molecule has 0 aliphatic carbocycles. The molecule has 0 unspecified atom stereocenters. The largest absolute Gasteiger partial charge is 0.507 e. The summed E-state index contributed by atoms with van der Waals surface area (Å²) in [5.74, 6) is -0.598. The molecule has 0 spiro atoms. The Morgan fingerprint density at radius 2 is 1.71 bits per heavy atom. The predicted octanol–water partition coefficient (Wildman–Crippen LogP) is 2.63. The van der Waals surface area contributed by atoms with E-state index in [9.17, 15) is 17.9 Å². The van der Waals surface area contributed by atoms with E-state index in [1.807, 2.05) is 0 Å². The number of nitrogens with one attached hydrogen (secondary N) is 1. The summed E-state index contributed by atoms with van der Waals surface area (Å²) in [7, 11) is -3.82. The summed E-state index contributed by atoms with van der Waals surface area (Å²) < 4.78 is 40.2. The zero-order valence-corrected chi connectivity index (χ0v) is 12.5. The molecule has 21 heavy (non-hydrogen) atoms. The minimum atomic E-state index is -3.82. The second kappa shape index (κ2) is 5.83. The molecule has 2 aromatic carbocycles. The second-order valence-electron chi connectivity index (χ2n) is 4.84. The molecule has 0 aliphatic heterocycles. The van der Waals surface area contributed by atoms with Crippen LogP contribution >= 0.6 is 0 Å². The Labute approximate surface area is 123 Å². The third-order valence-corrected chi connectivity index (χ3v) is 4.57. The minimum Gasteiger partial charge on any atom is -0.507 e. The fraction of sp³-hybridized carbons (Fsp3) is 0.200. The van der Waals surface area contributed by atoms with E-state index in [1.165, 1.54) is 18.2 Å². The second-order valence-corrected chi connectivity index (χ2v) is 6.57. The highest BCUT2D eigenvalue weighted by Crippen LogP contribution is 2.21. The molecule has 0 fully saturated rings. The topological polar surface area (TPSA) is 66.4 Å². The molecule has 4 nitrogen and oxygen atoms in total. The first-order valence-electron chi connectivity index (χ1n) is 6.34. The first kappa shape index (κ1) is 15.5. The average molecular weight is 309 g/mol. The highest BCUT2D eigenvalue weighted by Gasteiger charge is 2.17. The van der Waals surface area contributed by atoms with Crippen LogP contribution in [0.5, 0.6) is 5.75 Å². The Balaban J connectivity index is 2.22. The number of halogens is 1. The van der Waals surface area contributed by atoms with Gasteiger partial charge >= 0.3 is 0 Å². The van der Waals surface area contributed by atoms with Crippen LogP contribution in [-0.2, 0) is 16.6 Å². The normalized spacial score (nSPS) is 11.6. The molecule has 0 bridgehead atoms. The number of phenolic OH excluding ortho intramolecular Hbond substituents is 1. The zero-order chi connectivity index (χ0) is 15.6. The first-order valence-corrected chi connectivity index (χ1v) is 7.83. The van der Waals surface area contributed by atoms with Crippen molar-refractivity contribution in [3.63, 3.8) is 0 Å². The number of aromatic hydroxyl groups is 1. The number of rotatable bonds is 4. The summed E-state index contributed by atoms with van der Waals surface area (Å²) in [6.07, 6.45) is 0. The molecule has 2 N–H and O–H groups in total. The molecule has 0 radical (unpaired) electrons. The standard InChI is InChI=1S/C15H16FNO3S/c1-10-7-12(8-11(2)15(10)16)9-17-21(19,20)14-6-4-3-5-13(14)18/h3-8,17-18H,9H2,1-2H3. The van der Waals surface area contributed by atoms with Gasteiger partial charge in [-0.25, -0.2) is 17.5 Å². The van der Waals surface area contributed by atoms with Gasteiger partial charge in [0.15, 0.2) is 0 Å². The summed E-state index contributed by atoms with van der Waals surface area (Å²) in [4.78, 5) is -0.180. The van der Waals surface area contributed by atoms with E-state index >= 15 is 0 Å². The van der Waals surface area contributed by atoms with E-state index < -0.39 is 10.0 Å². The van der Waals surface area contributed by atoms with Crippen molar-refractivity contribution in [2.75, 3.05) is 0 Å². The molecule has 0 saturated heterocycles. The van der Waals surface area contributed by atoms with Crippen LogP contribution in [0.3, 0.4) is 0 Å². The van der Waals surface area contributed by atoms with Gasteiger partial charge in [-0.15, -0.1) is 0 Å². The Morgan fingerprint density at radius 3 is 2.29 bits per heavy atom. The molecule has 2 rings (SSSR count). The molecule has 2 aromatic rings. The lowest BCUT2D eigenvalue weighted by atomic mass is 10.1. The van der Waals surface area contributed by atoms with Gasteiger partial charge in [-0.1, -0.05) is 24.3 Å². The number of aryl methyl sites for hydroxylation is 2. The summed E-state index contributed by atoms with van der Waals surface area (Å²) in [6.45, 7) is 3.28. The van der Waals surface area contributed by atoms with Gasteiger partial charge in [0.1, 0.15) is 16.5 Å². The number of sulfonamides is 1. The molecule has 6 heteroatoms. The van der Waals surface area contributed by atoms with Crippen LogP contribution in [0.25, 0.3) is 0 Å². The van der Waals surface area contributed by atoms with Gasteiger partial charge in [0, 0.05) is 6.54 Å². The Bertz CT molecular complexity index is 749. The van der Waals surface area contributed by atoms with Crippen molar-refractivity contribution in [1.82, 2.24) is 4.72 Å². The third kappa shape index (κ3) is 3.40. The zero-order valence-electron chi connectivity index (χ0n) is 11.7. The van der Waals surface area contributed by atoms with Gasteiger partial charge < -0.3 is 5.11 Å². The molecule has 0 amide bonds. The summed E-state index contributed by atoms with van der Waals surface area (Å²) in [5.41, 5.74) is 1.59. The van der Waals surface area contributed by atoms with Crippen molar-refractivity contribution >= 4 is 10.0 Å². The van der Waals surface area contributed by atoms with E-state index in [2.05, 4.69) is 4.72 Å². The van der Waals surface area contributed by atoms with Crippen molar-refractivity contribution < 1.29 is 17.9 Å². The average Bonchev–Trinajstić information content (AvgIpc) is 2.43. The number of phenols is 1. The Kier molecular flexibility index (Phi) is 4.29. The molecule has 112 valence electrons.